The topological polar surface area (TPSA) is 37.3 Å². The maximum Gasteiger partial charge on any atom is 0.331 e. The first-order valence-electron chi connectivity index (χ1n) is 5.57. The molecule has 1 aliphatic rings. The first-order chi connectivity index (χ1) is 6.65. The van der Waals surface area contributed by atoms with Gasteiger partial charge in [-0.1, -0.05) is 18.9 Å². The summed E-state index contributed by atoms with van der Waals surface area (Å²) in [6.07, 6.45) is 6.42. The van der Waals surface area contributed by atoms with Crippen LogP contribution in [-0.4, -0.2) is 11.1 Å². The number of hydrogen-bond donors (Lipinski definition) is 1. The van der Waals surface area contributed by atoms with Crippen molar-refractivity contribution in [2.75, 3.05) is 0 Å². The predicted octanol–water partition coefficient (Wildman–Crippen LogP) is 3.38. The van der Waals surface area contributed by atoms with Gasteiger partial charge in [0.15, 0.2) is 0 Å². The van der Waals surface area contributed by atoms with Crippen LogP contribution in [0.25, 0.3) is 0 Å². The molecule has 0 amide bonds. The lowest BCUT2D eigenvalue weighted by Gasteiger charge is -2.07. The third-order valence-corrected chi connectivity index (χ3v) is 2.87. The van der Waals surface area contributed by atoms with Crippen molar-refractivity contribution in [3.8, 4) is 0 Å². The molecule has 0 aromatic rings. The standard InChI is InChI=1S/C12H20O2/c1-3-4-5-9(2)11(12(13)14)8-10-6-7-10/h10H,3-8H2,1-2H3,(H,13,14)/b11-9-. The lowest BCUT2D eigenvalue weighted by molar-refractivity contribution is -0.132. The normalized spacial score (nSPS) is 17.9. The van der Waals surface area contributed by atoms with E-state index in [4.69, 9.17) is 5.11 Å². The highest BCUT2D eigenvalue weighted by Crippen LogP contribution is 2.36. The zero-order valence-electron chi connectivity index (χ0n) is 9.18. The van der Waals surface area contributed by atoms with Gasteiger partial charge in [0.1, 0.15) is 0 Å². The highest BCUT2D eigenvalue weighted by Gasteiger charge is 2.25. The monoisotopic (exact) mass is 196 g/mol. The molecule has 0 bridgehead atoms. The van der Waals surface area contributed by atoms with Crippen LogP contribution in [0.5, 0.6) is 0 Å². The van der Waals surface area contributed by atoms with Crippen molar-refractivity contribution in [3.05, 3.63) is 11.1 Å². The molecule has 14 heavy (non-hydrogen) atoms. The molecule has 2 heteroatoms. The molecule has 0 heterocycles. The van der Waals surface area contributed by atoms with Crippen molar-refractivity contribution in [1.82, 2.24) is 0 Å². The molecule has 2 nitrogen and oxygen atoms in total. The molecular weight excluding hydrogens is 176 g/mol. The maximum atomic E-state index is 11.0. The third-order valence-electron chi connectivity index (χ3n) is 2.87. The quantitative estimate of drug-likeness (QED) is 0.661. The molecule has 0 spiro atoms. The summed E-state index contributed by atoms with van der Waals surface area (Å²) < 4.78 is 0. The van der Waals surface area contributed by atoms with E-state index in [2.05, 4.69) is 6.92 Å². The van der Waals surface area contributed by atoms with Gasteiger partial charge in [0.2, 0.25) is 0 Å². The number of aliphatic carboxylic acids is 1. The molecule has 1 saturated carbocycles. The molecule has 0 atom stereocenters. The minimum Gasteiger partial charge on any atom is -0.478 e. The summed E-state index contributed by atoms with van der Waals surface area (Å²) >= 11 is 0. The van der Waals surface area contributed by atoms with E-state index in [1.165, 1.54) is 12.8 Å². The summed E-state index contributed by atoms with van der Waals surface area (Å²) in [5, 5.41) is 9.06. The molecule has 80 valence electrons. The van der Waals surface area contributed by atoms with Gasteiger partial charge in [0.25, 0.3) is 0 Å². The number of allylic oxidation sites excluding steroid dienone is 1. The Labute approximate surface area is 86.0 Å². The van der Waals surface area contributed by atoms with Crippen LogP contribution in [0.4, 0.5) is 0 Å². The average Bonchev–Trinajstić information content (AvgIpc) is 2.93. The minimum atomic E-state index is -0.703. The van der Waals surface area contributed by atoms with E-state index in [1.54, 1.807) is 0 Å². The number of hydrogen-bond acceptors (Lipinski definition) is 1. The van der Waals surface area contributed by atoms with Crippen molar-refractivity contribution in [3.63, 3.8) is 0 Å². The summed E-state index contributed by atoms with van der Waals surface area (Å²) in [6, 6.07) is 0. The van der Waals surface area contributed by atoms with Crippen molar-refractivity contribution in [1.29, 1.82) is 0 Å². The number of carboxylic acids is 1. The van der Waals surface area contributed by atoms with E-state index in [9.17, 15) is 4.79 Å². The Morgan fingerprint density at radius 1 is 1.43 bits per heavy atom. The van der Waals surface area contributed by atoms with Gasteiger partial charge in [-0.15, -0.1) is 0 Å². The van der Waals surface area contributed by atoms with Crippen LogP contribution in [0.2, 0.25) is 0 Å². The molecule has 1 aliphatic carbocycles. The minimum absolute atomic E-state index is 0.665. The van der Waals surface area contributed by atoms with Crippen molar-refractivity contribution in [2.45, 2.75) is 52.4 Å². The molecule has 1 N–H and O–H groups in total. The fraction of sp³-hybridized carbons (Fsp3) is 0.750. The van der Waals surface area contributed by atoms with Gasteiger partial charge in [-0.2, -0.15) is 0 Å². The summed E-state index contributed by atoms with van der Waals surface area (Å²) in [5.41, 5.74) is 1.77. The molecule has 0 aromatic heterocycles. The van der Waals surface area contributed by atoms with E-state index >= 15 is 0 Å². The zero-order valence-corrected chi connectivity index (χ0v) is 9.18. The Bertz CT molecular complexity index is 237. The molecule has 0 aromatic carbocycles. The van der Waals surface area contributed by atoms with Gasteiger partial charge < -0.3 is 5.11 Å². The summed E-state index contributed by atoms with van der Waals surface area (Å²) in [6.45, 7) is 4.11. The lowest BCUT2D eigenvalue weighted by atomic mass is 9.99. The Kier molecular flexibility index (Phi) is 4.18. The SMILES string of the molecule is CCCC/C(C)=C(/CC1CC1)C(=O)O. The molecular formula is C12H20O2. The molecule has 0 radical (unpaired) electrons. The molecule has 1 fully saturated rings. The van der Waals surface area contributed by atoms with Crippen LogP contribution in [0.1, 0.15) is 52.4 Å². The predicted molar refractivity (Wildman–Crippen MR) is 57.2 cm³/mol. The number of carbonyl (C=O) groups is 1. The van der Waals surface area contributed by atoms with E-state index in [0.717, 1.165) is 31.3 Å². The zero-order chi connectivity index (χ0) is 10.6. The van der Waals surface area contributed by atoms with Gasteiger partial charge >= 0.3 is 5.97 Å². The highest BCUT2D eigenvalue weighted by molar-refractivity contribution is 5.87. The molecule has 1 rings (SSSR count). The number of carboxylic acid groups (broad SMARTS) is 1. The Hall–Kier alpha value is -0.790. The van der Waals surface area contributed by atoms with E-state index in [0.29, 0.717) is 11.5 Å². The Balaban J connectivity index is 2.56. The van der Waals surface area contributed by atoms with E-state index < -0.39 is 5.97 Å². The second-order valence-electron chi connectivity index (χ2n) is 4.32. The van der Waals surface area contributed by atoms with Gasteiger partial charge in [0, 0.05) is 5.57 Å². The van der Waals surface area contributed by atoms with Gasteiger partial charge in [-0.3, -0.25) is 0 Å². The summed E-state index contributed by atoms with van der Waals surface area (Å²) in [7, 11) is 0. The fourth-order valence-electron chi connectivity index (χ4n) is 1.65. The van der Waals surface area contributed by atoms with Crippen molar-refractivity contribution in [2.24, 2.45) is 5.92 Å². The lowest BCUT2D eigenvalue weighted by Crippen LogP contribution is -2.04. The first kappa shape index (κ1) is 11.3. The highest BCUT2D eigenvalue weighted by atomic mass is 16.4. The Morgan fingerprint density at radius 2 is 2.07 bits per heavy atom. The van der Waals surface area contributed by atoms with Crippen LogP contribution >= 0.6 is 0 Å². The first-order valence-corrected chi connectivity index (χ1v) is 5.57. The number of rotatable bonds is 6. The van der Waals surface area contributed by atoms with Crippen LogP contribution in [-0.2, 0) is 4.79 Å². The molecule has 0 unspecified atom stereocenters. The smallest absolute Gasteiger partial charge is 0.331 e. The van der Waals surface area contributed by atoms with E-state index in [-0.39, 0.29) is 0 Å². The average molecular weight is 196 g/mol. The third kappa shape index (κ3) is 3.52. The summed E-state index contributed by atoms with van der Waals surface area (Å²) in [5.74, 6) is -0.0387. The van der Waals surface area contributed by atoms with Crippen molar-refractivity contribution >= 4 is 5.97 Å². The van der Waals surface area contributed by atoms with Crippen molar-refractivity contribution < 1.29 is 9.90 Å². The molecule has 0 aliphatic heterocycles. The second kappa shape index (κ2) is 5.18. The largest absolute Gasteiger partial charge is 0.478 e. The van der Waals surface area contributed by atoms with Crippen LogP contribution < -0.4 is 0 Å². The van der Waals surface area contributed by atoms with Crippen LogP contribution in [0.3, 0.4) is 0 Å². The second-order valence-corrected chi connectivity index (χ2v) is 4.32. The van der Waals surface area contributed by atoms with Gasteiger partial charge in [0.05, 0.1) is 0 Å². The van der Waals surface area contributed by atoms with Crippen LogP contribution in [0.15, 0.2) is 11.1 Å². The van der Waals surface area contributed by atoms with Gasteiger partial charge in [-0.05, 0) is 44.9 Å². The summed E-state index contributed by atoms with van der Waals surface area (Å²) in [4.78, 5) is 11.0. The molecule has 0 saturated heterocycles. The van der Waals surface area contributed by atoms with Gasteiger partial charge in [-0.25, -0.2) is 4.79 Å². The van der Waals surface area contributed by atoms with Crippen LogP contribution in [0, 0.1) is 5.92 Å². The fourth-order valence-corrected chi connectivity index (χ4v) is 1.65. The van der Waals surface area contributed by atoms with E-state index in [1.807, 2.05) is 6.92 Å². The maximum absolute atomic E-state index is 11.0. The number of unbranched alkanes of at least 4 members (excludes halogenated alkanes) is 1. The Morgan fingerprint density at radius 3 is 2.50 bits per heavy atom.